The lowest BCUT2D eigenvalue weighted by Gasteiger charge is -2.04. The van der Waals surface area contributed by atoms with E-state index in [4.69, 9.17) is 5.26 Å². The van der Waals surface area contributed by atoms with Crippen LogP contribution in [-0.2, 0) is 6.54 Å². The fourth-order valence-electron chi connectivity index (χ4n) is 1.75. The molecule has 0 saturated carbocycles. The molecule has 0 atom stereocenters. The van der Waals surface area contributed by atoms with Gasteiger partial charge in [-0.15, -0.1) is 0 Å². The molecule has 0 fully saturated rings. The highest BCUT2D eigenvalue weighted by Crippen LogP contribution is 2.13. The van der Waals surface area contributed by atoms with Gasteiger partial charge in [-0.25, -0.2) is 4.98 Å². The summed E-state index contributed by atoms with van der Waals surface area (Å²) in [6.07, 6.45) is 1.66. The highest BCUT2D eigenvalue weighted by atomic mass is 15.3. The molecule has 2 rings (SSSR count). The van der Waals surface area contributed by atoms with Crippen LogP contribution in [0.2, 0.25) is 0 Å². The summed E-state index contributed by atoms with van der Waals surface area (Å²) < 4.78 is 1.96. The summed E-state index contributed by atoms with van der Waals surface area (Å²) in [4.78, 5) is 3.95. The Bertz CT molecular complexity index is 590. The molecule has 2 aromatic rings. The molecule has 0 spiro atoms. The smallest absolute Gasteiger partial charge is 0.140 e. The van der Waals surface area contributed by atoms with Crippen molar-refractivity contribution < 1.29 is 0 Å². The van der Waals surface area contributed by atoms with Gasteiger partial charge in [-0.05, 0) is 44.0 Å². The maximum atomic E-state index is 8.80. The van der Waals surface area contributed by atoms with E-state index < -0.39 is 0 Å². The summed E-state index contributed by atoms with van der Waals surface area (Å²) in [6.45, 7) is 6.81. The standard InChI is InChI=1S/C13H14N4/c1-9-10(2)16-17(11(9)3)8-12-4-5-15-13(6-12)7-14/h4-6H,8H2,1-3H3. The van der Waals surface area contributed by atoms with Gasteiger partial charge in [0.2, 0.25) is 0 Å². The van der Waals surface area contributed by atoms with Crippen LogP contribution in [-0.4, -0.2) is 14.8 Å². The SMILES string of the molecule is Cc1nn(Cc2ccnc(C#N)c2)c(C)c1C. The highest BCUT2D eigenvalue weighted by molar-refractivity contribution is 5.27. The van der Waals surface area contributed by atoms with Crippen molar-refractivity contribution in [1.82, 2.24) is 14.8 Å². The molecule has 4 heteroatoms. The van der Waals surface area contributed by atoms with E-state index in [1.54, 1.807) is 12.3 Å². The van der Waals surface area contributed by atoms with Crippen LogP contribution in [0.15, 0.2) is 18.3 Å². The molecule has 0 amide bonds. The quantitative estimate of drug-likeness (QED) is 0.788. The molecule has 0 aliphatic carbocycles. The average molecular weight is 226 g/mol. The molecule has 0 saturated heterocycles. The minimum atomic E-state index is 0.445. The topological polar surface area (TPSA) is 54.5 Å². The summed E-state index contributed by atoms with van der Waals surface area (Å²) in [7, 11) is 0. The van der Waals surface area contributed by atoms with E-state index in [2.05, 4.69) is 23.9 Å². The fraction of sp³-hybridized carbons (Fsp3) is 0.308. The van der Waals surface area contributed by atoms with Crippen LogP contribution < -0.4 is 0 Å². The van der Waals surface area contributed by atoms with Crippen molar-refractivity contribution in [3.8, 4) is 6.07 Å². The van der Waals surface area contributed by atoms with E-state index in [1.165, 1.54) is 5.56 Å². The van der Waals surface area contributed by atoms with Crippen LogP contribution in [0.4, 0.5) is 0 Å². The number of hydrogen-bond acceptors (Lipinski definition) is 3. The van der Waals surface area contributed by atoms with Crippen molar-refractivity contribution in [1.29, 1.82) is 5.26 Å². The summed E-state index contributed by atoms with van der Waals surface area (Å²) in [5.41, 5.74) is 4.93. The van der Waals surface area contributed by atoms with E-state index in [-0.39, 0.29) is 0 Å². The zero-order valence-electron chi connectivity index (χ0n) is 10.2. The number of nitriles is 1. The van der Waals surface area contributed by atoms with E-state index in [0.717, 1.165) is 17.0 Å². The first-order valence-electron chi connectivity index (χ1n) is 5.47. The summed E-state index contributed by atoms with van der Waals surface area (Å²) in [6, 6.07) is 5.75. The van der Waals surface area contributed by atoms with Crippen molar-refractivity contribution in [3.63, 3.8) is 0 Å². The minimum Gasteiger partial charge on any atom is -0.265 e. The van der Waals surface area contributed by atoms with Gasteiger partial charge in [-0.2, -0.15) is 10.4 Å². The van der Waals surface area contributed by atoms with E-state index in [0.29, 0.717) is 12.2 Å². The molecule has 0 bridgehead atoms. The van der Waals surface area contributed by atoms with Gasteiger partial charge in [0.1, 0.15) is 11.8 Å². The second-order valence-electron chi connectivity index (χ2n) is 4.11. The lowest BCUT2D eigenvalue weighted by Crippen LogP contribution is -2.04. The van der Waals surface area contributed by atoms with Crippen LogP contribution in [0.1, 0.15) is 28.2 Å². The lowest BCUT2D eigenvalue weighted by molar-refractivity contribution is 0.658. The monoisotopic (exact) mass is 226 g/mol. The lowest BCUT2D eigenvalue weighted by atomic mass is 10.2. The second-order valence-corrected chi connectivity index (χ2v) is 4.11. The van der Waals surface area contributed by atoms with Gasteiger partial charge in [0.25, 0.3) is 0 Å². The average Bonchev–Trinajstić information content (AvgIpc) is 2.57. The fourth-order valence-corrected chi connectivity index (χ4v) is 1.75. The molecule has 0 aromatic carbocycles. The number of hydrogen-bond donors (Lipinski definition) is 0. The zero-order chi connectivity index (χ0) is 12.4. The van der Waals surface area contributed by atoms with Crippen LogP contribution >= 0.6 is 0 Å². The number of nitrogens with zero attached hydrogens (tertiary/aromatic N) is 4. The van der Waals surface area contributed by atoms with Crippen molar-refractivity contribution >= 4 is 0 Å². The molecule has 17 heavy (non-hydrogen) atoms. The van der Waals surface area contributed by atoms with Crippen molar-refractivity contribution in [3.05, 3.63) is 46.5 Å². The second kappa shape index (κ2) is 4.38. The molecular formula is C13H14N4. The largest absolute Gasteiger partial charge is 0.265 e. The van der Waals surface area contributed by atoms with Crippen LogP contribution in [0.3, 0.4) is 0 Å². The summed E-state index contributed by atoms with van der Waals surface area (Å²) in [5.74, 6) is 0. The van der Waals surface area contributed by atoms with Crippen molar-refractivity contribution in [2.75, 3.05) is 0 Å². The molecular weight excluding hydrogens is 212 g/mol. The Hall–Kier alpha value is -2.15. The van der Waals surface area contributed by atoms with Gasteiger partial charge < -0.3 is 0 Å². The number of pyridine rings is 1. The zero-order valence-corrected chi connectivity index (χ0v) is 10.2. The third-order valence-corrected chi connectivity index (χ3v) is 3.01. The maximum Gasteiger partial charge on any atom is 0.140 e. The van der Waals surface area contributed by atoms with Crippen molar-refractivity contribution in [2.24, 2.45) is 0 Å². The molecule has 0 unspecified atom stereocenters. The van der Waals surface area contributed by atoms with Gasteiger partial charge in [-0.3, -0.25) is 4.68 Å². The van der Waals surface area contributed by atoms with E-state index in [9.17, 15) is 0 Å². The Labute approximate surface area is 101 Å². The first-order chi connectivity index (χ1) is 8.11. The molecule has 86 valence electrons. The molecule has 4 nitrogen and oxygen atoms in total. The Morgan fingerprint density at radius 2 is 2.12 bits per heavy atom. The number of aromatic nitrogens is 3. The molecule has 0 aliphatic rings. The number of aryl methyl sites for hydroxylation is 1. The Morgan fingerprint density at radius 3 is 2.71 bits per heavy atom. The minimum absolute atomic E-state index is 0.445. The molecule has 2 heterocycles. The third kappa shape index (κ3) is 2.18. The molecule has 0 N–H and O–H groups in total. The summed E-state index contributed by atoms with van der Waals surface area (Å²) >= 11 is 0. The van der Waals surface area contributed by atoms with Crippen LogP contribution in [0.25, 0.3) is 0 Å². The van der Waals surface area contributed by atoms with Crippen molar-refractivity contribution in [2.45, 2.75) is 27.3 Å². The van der Waals surface area contributed by atoms with Gasteiger partial charge in [-0.1, -0.05) is 0 Å². The molecule has 0 aliphatic heterocycles. The first-order valence-corrected chi connectivity index (χ1v) is 5.47. The Balaban J connectivity index is 2.32. The van der Waals surface area contributed by atoms with E-state index in [1.807, 2.05) is 23.7 Å². The van der Waals surface area contributed by atoms with Gasteiger partial charge in [0.05, 0.1) is 12.2 Å². The predicted molar refractivity (Wildman–Crippen MR) is 64.5 cm³/mol. The normalized spacial score (nSPS) is 10.2. The van der Waals surface area contributed by atoms with Gasteiger partial charge in [0, 0.05) is 11.9 Å². The Morgan fingerprint density at radius 1 is 1.35 bits per heavy atom. The Kier molecular flexibility index (Phi) is 2.92. The summed E-state index contributed by atoms with van der Waals surface area (Å²) in [5, 5.41) is 13.3. The van der Waals surface area contributed by atoms with Crippen LogP contribution in [0, 0.1) is 32.1 Å². The highest BCUT2D eigenvalue weighted by Gasteiger charge is 2.07. The number of rotatable bonds is 2. The molecule has 2 aromatic heterocycles. The van der Waals surface area contributed by atoms with E-state index >= 15 is 0 Å². The first kappa shape index (κ1) is 11.3. The molecule has 0 radical (unpaired) electrons. The third-order valence-electron chi connectivity index (χ3n) is 3.01. The van der Waals surface area contributed by atoms with Gasteiger partial charge in [0.15, 0.2) is 0 Å². The maximum absolute atomic E-state index is 8.80. The predicted octanol–water partition coefficient (Wildman–Crippen LogP) is 2.12. The van der Waals surface area contributed by atoms with Crippen LogP contribution in [0.5, 0.6) is 0 Å². The van der Waals surface area contributed by atoms with Gasteiger partial charge >= 0.3 is 0 Å².